The number of carbonyl (C=O) groups is 1. The molecule has 13 nitrogen and oxygen atoms in total. The van der Waals surface area contributed by atoms with Gasteiger partial charge in [-0.05, 0) is 24.3 Å². The van der Waals surface area contributed by atoms with Gasteiger partial charge in [-0.25, -0.2) is 9.59 Å². The van der Waals surface area contributed by atoms with Gasteiger partial charge in [0.25, 0.3) is 0 Å². The van der Waals surface area contributed by atoms with E-state index in [1.54, 1.807) is 12.1 Å². The number of hydrogen-bond acceptors (Lipinski definition) is 12. The Bertz CT molecular complexity index is 1350. The van der Waals surface area contributed by atoms with Crippen LogP contribution in [-0.4, -0.2) is 87.1 Å². The molecule has 0 aliphatic carbocycles. The average Bonchev–Trinajstić information content (AvgIpc) is 2.89. The molecule has 13 heteroatoms. The molecule has 6 N–H and O–H groups in total. The number of fused-ring (bicyclic) bond motifs is 1. The van der Waals surface area contributed by atoms with Gasteiger partial charge in [0.2, 0.25) is 6.29 Å². The van der Waals surface area contributed by atoms with E-state index < -0.39 is 55.0 Å². The zero-order valence-corrected chi connectivity index (χ0v) is 20.0. The number of benzene rings is 2. The highest BCUT2D eigenvalue weighted by molar-refractivity contribution is 5.78. The Morgan fingerprint density at radius 1 is 1.03 bits per heavy atom. The summed E-state index contributed by atoms with van der Waals surface area (Å²) in [6.45, 7) is -0.688. The van der Waals surface area contributed by atoms with Gasteiger partial charge in [0.15, 0.2) is 17.6 Å². The summed E-state index contributed by atoms with van der Waals surface area (Å²) in [5, 5.41) is 60.5. The largest absolute Gasteiger partial charge is 0.504 e. The van der Waals surface area contributed by atoms with E-state index in [9.17, 15) is 40.2 Å². The van der Waals surface area contributed by atoms with E-state index in [1.165, 1.54) is 31.4 Å². The number of phenols is 1. The molecule has 2 heterocycles. The number of aliphatic hydroxyl groups excluding tert-OH is 4. The van der Waals surface area contributed by atoms with Crippen LogP contribution in [0, 0.1) is 0 Å². The maximum Gasteiger partial charge on any atom is 0.345 e. The first-order valence-corrected chi connectivity index (χ1v) is 11.4. The second-order valence-corrected chi connectivity index (χ2v) is 8.55. The Morgan fingerprint density at radius 3 is 2.45 bits per heavy atom. The van der Waals surface area contributed by atoms with Gasteiger partial charge in [0.1, 0.15) is 41.5 Å². The van der Waals surface area contributed by atoms with Gasteiger partial charge in [-0.15, -0.1) is 0 Å². The molecule has 0 saturated carbocycles. The normalized spacial score (nSPS) is 24.1. The molecular formula is C25H26O13. The van der Waals surface area contributed by atoms with Crippen molar-refractivity contribution in [1.29, 1.82) is 0 Å². The van der Waals surface area contributed by atoms with Gasteiger partial charge in [-0.1, -0.05) is 0 Å². The van der Waals surface area contributed by atoms with Crippen molar-refractivity contribution in [2.24, 2.45) is 0 Å². The van der Waals surface area contributed by atoms with E-state index in [4.69, 9.17) is 23.4 Å². The minimum Gasteiger partial charge on any atom is -0.504 e. The molecule has 38 heavy (non-hydrogen) atoms. The lowest BCUT2D eigenvalue weighted by atomic mass is 9.99. The highest BCUT2D eigenvalue weighted by Gasteiger charge is 2.45. The summed E-state index contributed by atoms with van der Waals surface area (Å²) < 4.78 is 26.9. The fraction of sp³-hybridized carbons (Fsp3) is 0.360. The van der Waals surface area contributed by atoms with Crippen molar-refractivity contribution < 1.29 is 58.8 Å². The molecule has 204 valence electrons. The number of phenolic OH excluding ortho intramolecular Hbond substituents is 1. The predicted molar refractivity (Wildman–Crippen MR) is 127 cm³/mol. The standard InChI is InChI=1S/C25H26O13/c1-34-17-6-12(16(9-14(17)27)37-25-23(31)22(30)21(29)19(10-26)38-25)7-18(24(32)33)35-13-4-2-11-3-5-20(28)36-15(11)8-13/h2-6,8-9,18-19,21-23,25-27,29-31H,7,10H2,1H3,(H,32,33)/t18-,19-,21-,22+,23-,25-/m1/s1. The van der Waals surface area contributed by atoms with Crippen LogP contribution < -0.4 is 19.8 Å². The number of methoxy groups -OCH3 is 1. The lowest BCUT2D eigenvalue weighted by Gasteiger charge is -2.39. The molecule has 0 bridgehead atoms. The Labute approximate surface area is 214 Å². The molecule has 0 radical (unpaired) electrons. The summed E-state index contributed by atoms with van der Waals surface area (Å²) >= 11 is 0. The average molecular weight is 534 g/mol. The zero-order valence-electron chi connectivity index (χ0n) is 20.0. The summed E-state index contributed by atoms with van der Waals surface area (Å²) in [7, 11) is 1.28. The van der Waals surface area contributed by atoms with Crippen molar-refractivity contribution in [2.45, 2.75) is 43.2 Å². The summed E-state index contributed by atoms with van der Waals surface area (Å²) in [6, 6.07) is 9.65. The number of aliphatic carboxylic acids is 1. The van der Waals surface area contributed by atoms with Crippen LogP contribution in [0.5, 0.6) is 23.0 Å². The van der Waals surface area contributed by atoms with Crippen molar-refractivity contribution in [3.05, 3.63) is 58.4 Å². The summed E-state index contributed by atoms with van der Waals surface area (Å²) in [5.74, 6) is -1.80. The molecule has 6 atom stereocenters. The first-order valence-electron chi connectivity index (χ1n) is 11.4. The van der Waals surface area contributed by atoms with Crippen LogP contribution >= 0.6 is 0 Å². The van der Waals surface area contributed by atoms with Crippen molar-refractivity contribution in [3.63, 3.8) is 0 Å². The van der Waals surface area contributed by atoms with Crippen LogP contribution in [0.1, 0.15) is 5.56 Å². The Hall–Kier alpha value is -3.88. The van der Waals surface area contributed by atoms with Gasteiger partial charge in [-0.3, -0.25) is 0 Å². The van der Waals surface area contributed by atoms with Crippen molar-refractivity contribution in [3.8, 4) is 23.0 Å². The highest BCUT2D eigenvalue weighted by Crippen LogP contribution is 2.37. The van der Waals surface area contributed by atoms with Crippen LogP contribution in [0.25, 0.3) is 11.0 Å². The van der Waals surface area contributed by atoms with Crippen molar-refractivity contribution >= 4 is 16.9 Å². The number of rotatable bonds is 9. The highest BCUT2D eigenvalue weighted by atomic mass is 16.7. The Kier molecular flexibility index (Phi) is 8.04. The van der Waals surface area contributed by atoms with Crippen LogP contribution in [0.3, 0.4) is 0 Å². The van der Waals surface area contributed by atoms with E-state index in [0.717, 1.165) is 6.07 Å². The lowest BCUT2D eigenvalue weighted by Crippen LogP contribution is -2.60. The minimum absolute atomic E-state index is 0.0160. The molecule has 1 aromatic heterocycles. The minimum atomic E-state index is -1.75. The van der Waals surface area contributed by atoms with E-state index in [-0.39, 0.29) is 40.6 Å². The second kappa shape index (κ2) is 11.2. The maximum atomic E-state index is 12.1. The van der Waals surface area contributed by atoms with E-state index in [0.29, 0.717) is 5.39 Å². The molecule has 2 aromatic carbocycles. The van der Waals surface area contributed by atoms with Gasteiger partial charge in [0.05, 0.1) is 13.7 Å². The molecular weight excluding hydrogens is 508 g/mol. The third kappa shape index (κ3) is 5.66. The number of aliphatic hydroxyl groups is 4. The number of aromatic hydroxyl groups is 1. The molecule has 0 amide bonds. The van der Waals surface area contributed by atoms with Crippen molar-refractivity contribution in [1.82, 2.24) is 0 Å². The van der Waals surface area contributed by atoms with Crippen LogP contribution in [0.4, 0.5) is 0 Å². The first-order chi connectivity index (χ1) is 18.1. The zero-order chi connectivity index (χ0) is 27.6. The third-order valence-electron chi connectivity index (χ3n) is 6.01. The molecule has 1 aliphatic heterocycles. The molecule has 4 rings (SSSR count). The smallest absolute Gasteiger partial charge is 0.345 e. The number of ether oxygens (including phenoxy) is 4. The van der Waals surface area contributed by atoms with E-state index in [2.05, 4.69) is 0 Å². The molecule has 0 unspecified atom stereocenters. The Morgan fingerprint density at radius 2 is 1.76 bits per heavy atom. The van der Waals surface area contributed by atoms with Crippen molar-refractivity contribution in [2.75, 3.05) is 13.7 Å². The predicted octanol–water partition coefficient (Wildman–Crippen LogP) is -0.239. The van der Waals surface area contributed by atoms with Gasteiger partial charge < -0.3 is 54.0 Å². The molecule has 1 fully saturated rings. The fourth-order valence-electron chi connectivity index (χ4n) is 3.97. The maximum absolute atomic E-state index is 12.1. The SMILES string of the molecule is COc1cc(C[C@@H](Oc2ccc3ccc(=O)oc3c2)C(=O)O)c(O[C@@H]2O[C@H](CO)[C@@H](O)[C@H](O)[C@H]2O)cc1O. The molecule has 0 spiro atoms. The quantitative estimate of drug-likeness (QED) is 0.196. The third-order valence-corrected chi connectivity index (χ3v) is 6.01. The van der Waals surface area contributed by atoms with E-state index >= 15 is 0 Å². The summed E-state index contributed by atoms with van der Waals surface area (Å²) in [6.07, 6.45) is -9.77. The molecule has 3 aromatic rings. The lowest BCUT2D eigenvalue weighted by molar-refractivity contribution is -0.277. The van der Waals surface area contributed by atoms with Crippen LogP contribution in [0.2, 0.25) is 0 Å². The van der Waals surface area contributed by atoms with Gasteiger partial charge >= 0.3 is 11.6 Å². The van der Waals surface area contributed by atoms with Crippen LogP contribution in [-0.2, 0) is 16.0 Å². The number of carboxylic acids is 1. The summed E-state index contributed by atoms with van der Waals surface area (Å²) in [5.41, 5.74) is -0.246. The Balaban J connectivity index is 1.63. The monoisotopic (exact) mass is 534 g/mol. The van der Waals surface area contributed by atoms with Gasteiger partial charge in [0, 0.05) is 35.6 Å². The van der Waals surface area contributed by atoms with Crippen LogP contribution in [0.15, 0.2) is 51.7 Å². The number of hydrogen-bond donors (Lipinski definition) is 6. The molecule has 1 saturated heterocycles. The number of carboxylic acid groups (broad SMARTS) is 1. The topological polar surface area (TPSA) is 206 Å². The fourth-order valence-corrected chi connectivity index (χ4v) is 3.97. The molecule has 1 aliphatic rings. The first kappa shape index (κ1) is 27.2. The van der Waals surface area contributed by atoms with E-state index in [1.807, 2.05) is 0 Å². The second-order valence-electron chi connectivity index (χ2n) is 8.55. The van der Waals surface area contributed by atoms with Gasteiger partial charge in [-0.2, -0.15) is 0 Å². The summed E-state index contributed by atoms with van der Waals surface area (Å²) in [4.78, 5) is 23.6.